The predicted octanol–water partition coefficient (Wildman–Crippen LogP) is 2.74. The lowest BCUT2D eigenvalue weighted by atomic mass is 9.84. The largest absolute Gasteiger partial charge is 0.372 e. The molecule has 1 aromatic rings. The summed E-state index contributed by atoms with van der Waals surface area (Å²) < 4.78 is 14.1. The zero-order valence-electron chi connectivity index (χ0n) is 12.6. The number of nitrogens with two attached hydrogens (primary N) is 1. The standard InChI is InChI=1S/C15H23FN4O/c1-3-9-4-6-10(7-5-9)19-15-12(16)8-11(13(17)21)14(18-2)20-15/h8-10H,3-7H2,1-2H3,(H2,17,21)(H2,18,19,20)/t9-,10-. The minimum Gasteiger partial charge on any atom is -0.372 e. The molecule has 0 spiro atoms. The molecular formula is C15H23FN4O. The maximum atomic E-state index is 14.1. The van der Waals surface area contributed by atoms with Gasteiger partial charge in [-0.3, -0.25) is 4.79 Å². The van der Waals surface area contributed by atoms with Gasteiger partial charge in [-0.05, 0) is 37.7 Å². The first kappa shape index (κ1) is 15.5. The van der Waals surface area contributed by atoms with Gasteiger partial charge in [0.1, 0.15) is 5.82 Å². The van der Waals surface area contributed by atoms with Gasteiger partial charge in [-0.15, -0.1) is 0 Å². The van der Waals surface area contributed by atoms with E-state index in [-0.39, 0.29) is 17.4 Å². The molecule has 1 fully saturated rings. The van der Waals surface area contributed by atoms with E-state index in [1.165, 1.54) is 6.42 Å². The summed E-state index contributed by atoms with van der Waals surface area (Å²) in [6.07, 6.45) is 5.57. The number of hydrogen-bond donors (Lipinski definition) is 3. The van der Waals surface area contributed by atoms with Gasteiger partial charge in [0.2, 0.25) is 0 Å². The fourth-order valence-electron chi connectivity index (χ4n) is 2.88. The monoisotopic (exact) mass is 294 g/mol. The van der Waals surface area contributed by atoms with Gasteiger partial charge in [0.05, 0.1) is 5.56 Å². The minimum atomic E-state index is -0.694. The summed E-state index contributed by atoms with van der Waals surface area (Å²) in [5.41, 5.74) is 5.28. The van der Waals surface area contributed by atoms with Crippen molar-refractivity contribution in [1.29, 1.82) is 0 Å². The van der Waals surface area contributed by atoms with Crippen LogP contribution in [0.4, 0.5) is 16.0 Å². The molecular weight excluding hydrogens is 271 g/mol. The molecule has 116 valence electrons. The second-order valence-electron chi connectivity index (χ2n) is 5.60. The van der Waals surface area contributed by atoms with Crippen LogP contribution in [-0.2, 0) is 0 Å². The predicted molar refractivity (Wildman–Crippen MR) is 81.9 cm³/mol. The van der Waals surface area contributed by atoms with Crippen molar-refractivity contribution >= 4 is 17.5 Å². The van der Waals surface area contributed by atoms with Crippen LogP contribution in [0.15, 0.2) is 6.07 Å². The number of anilines is 2. The van der Waals surface area contributed by atoms with Crippen LogP contribution in [0.5, 0.6) is 0 Å². The summed E-state index contributed by atoms with van der Waals surface area (Å²) >= 11 is 0. The van der Waals surface area contributed by atoms with Crippen LogP contribution in [0.1, 0.15) is 49.4 Å². The number of carbonyl (C=O) groups excluding carboxylic acids is 1. The lowest BCUT2D eigenvalue weighted by Gasteiger charge is -2.29. The molecule has 0 unspecified atom stereocenters. The summed E-state index contributed by atoms with van der Waals surface area (Å²) in [5, 5.41) is 5.94. The highest BCUT2D eigenvalue weighted by Gasteiger charge is 2.22. The Hall–Kier alpha value is -1.85. The third-order valence-electron chi connectivity index (χ3n) is 4.24. The summed E-state index contributed by atoms with van der Waals surface area (Å²) in [5.74, 6) is 0.0325. The highest BCUT2D eigenvalue weighted by molar-refractivity contribution is 5.97. The molecule has 1 saturated carbocycles. The maximum absolute atomic E-state index is 14.1. The Balaban J connectivity index is 2.12. The van der Waals surface area contributed by atoms with E-state index in [0.29, 0.717) is 5.82 Å². The van der Waals surface area contributed by atoms with E-state index >= 15 is 0 Å². The first-order valence-electron chi connectivity index (χ1n) is 7.49. The Morgan fingerprint density at radius 1 is 1.38 bits per heavy atom. The van der Waals surface area contributed by atoms with Gasteiger partial charge in [0.25, 0.3) is 5.91 Å². The molecule has 1 heterocycles. The molecule has 21 heavy (non-hydrogen) atoms. The van der Waals surface area contributed by atoms with E-state index < -0.39 is 11.7 Å². The normalized spacial score (nSPS) is 21.9. The third-order valence-corrected chi connectivity index (χ3v) is 4.24. The number of aromatic nitrogens is 1. The Kier molecular flexibility index (Phi) is 4.98. The van der Waals surface area contributed by atoms with Crippen molar-refractivity contribution < 1.29 is 9.18 Å². The number of halogens is 1. The fraction of sp³-hybridized carbons (Fsp3) is 0.600. The summed E-state index contributed by atoms with van der Waals surface area (Å²) in [6, 6.07) is 1.38. The van der Waals surface area contributed by atoms with E-state index in [9.17, 15) is 9.18 Å². The maximum Gasteiger partial charge on any atom is 0.252 e. The molecule has 6 heteroatoms. The van der Waals surface area contributed by atoms with Gasteiger partial charge >= 0.3 is 0 Å². The van der Waals surface area contributed by atoms with Crippen LogP contribution in [0.2, 0.25) is 0 Å². The molecule has 0 aliphatic heterocycles. The first-order chi connectivity index (χ1) is 10.0. The van der Waals surface area contributed by atoms with E-state index in [0.717, 1.165) is 37.7 Å². The van der Waals surface area contributed by atoms with Crippen molar-refractivity contribution in [1.82, 2.24) is 4.98 Å². The van der Waals surface area contributed by atoms with Crippen LogP contribution in [-0.4, -0.2) is 24.0 Å². The number of carbonyl (C=O) groups is 1. The molecule has 0 aromatic carbocycles. The smallest absolute Gasteiger partial charge is 0.252 e. The van der Waals surface area contributed by atoms with Crippen LogP contribution < -0.4 is 16.4 Å². The van der Waals surface area contributed by atoms with Crippen LogP contribution in [0.25, 0.3) is 0 Å². The van der Waals surface area contributed by atoms with Gasteiger partial charge in [-0.1, -0.05) is 13.3 Å². The van der Waals surface area contributed by atoms with Crippen molar-refractivity contribution in [2.75, 3.05) is 17.7 Å². The zero-order chi connectivity index (χ0) is 15.4. The average Bonchev–Trinajstić information content (AvgIpc) is 2.49. The summed E-state index contributed by atoms with van der Waals surface area (Å²) in [4.78, 5) is 15.4. The lowest BCUT2D eigenvalue weighted by molar-refractivity contribution is 0.100. The van der Waals surface area contributed by atoms with E-state index in [1.807, 2.05) is 0 Å². The Bertz CT molecular complexity index is 513. The molecule has 0 atom stereocenters. The van der Waals surface area contributed by atoms with Crippen molar-refractivity contribution in [3.63, 3.8) is 0 Å². The Morgan fingerprint density at radius 2 is 2.05 bits per heavy atom. The highest BCUT2D eigenvalue weighted by Crippen LogP contribution is 2.29. The van der Waals surface area contributed by atoms with Gasteiger partial charge < -0.3 is 16.4 Å². The number of hydrogen-bond acceptors (Lipinski definition) is 4. The van der Waals surface area contributed by atoms with E-state index in [4.69, 9.17) is 5.73 Å². The second-order valence-corrected chi connectivity index (χ2v) is 5.60. The number of nitrogens with one attached hydrogen (secondary N) is 2. The molecule has 1 aromatic heterocycles. The van der Waals surface area contributed by atoms with E-state index in [1.54, 1.807) is 7.05 Å². The minimum absolute atomic E-state index is 0.0650. The van der Waals surface area contributed by atoms with Crippen molar-refractivity contribution in [3.05, 3.63) is 17.4 Å². The topological polar surface area (TPSA) is 80.0 Å². The molecule has 0 saturated heterocycles. The third kappa shape index (κ3) is 3.62. The second kappa shape index (κ2) is 6.74. The Morgan fingerprint density at radius 3 is 2.57 bits per heavy atom. The number of rotatable bonds is 5. The highest BCUT2D eigenvalue weighted by atomic mass is 19.1. The molecule has 4 N–H and O–H groups in total. The fourth-order valence-corrected chi connectivity index (χ4v) is 2.88. The number of nitrogens with zero attached hydrogens (tertiary/aromatic N) is 1. The molecule has 1 amide bonds. The molecule has 2 rings (SSSR count). The molecule has 5 nitrogen and oxygen atoms in total. The quantitative estimate of drug-likeness (QED) is 0.780. The summed E-state index contributed by atoms with van der Waals surface area (Å²) in [6.45, 7) is 2.21. The van der Waals surface area contributed by atoms with Gasteiger partial charge in [0.15, 0.2) is 11.6 Å². The first-order valence-corrected chi connectivity index (χ1v) is 7.49. The summed E-state index contributed by atoms with van der Waals surface area (Å²) in [7, 11) is 1.63. The average molecular weight is 294 g/mol. The van der Waals surface area contributed by atoms with Crippen LogP contribution >= 0.6 is 0 Å². The van der Waals surface area contributed by atoms with Crippen molar-refractivity contribution in [3.8, 4) is 0 Å². The van der Waals surface area contributed by atoms with Crippen LogP contribution in [0.3, 0.4) is 0 Å². The number of primary amides is 1. The number of amides is 1. The van der Waals surface area contributed by atoms with Gasteiger partial charge in [0, 0.05) is 13.1 Å². The van der Waals surface area contributed by atoms with Crippen molar-refractivity contribution in [2.24, 2.45) is 11.7 Å². The van der Waals surface area contributed by atoms with Gasteiger partial charge in [-0.2, -0.15) is 0 Å². The zero-order valence-corrected chi connectivity index (χ0v) is 12.6. The lowest BCUT2D eigenvalue weighted by Crippen LogP contribution is -2.27. The SMILES string of the molecule is CC[C@H]1CC[C@H](Nc2nc(NC)c(C(N)=O)cc2F)CC1. The molecule has 1 aliphatic rings. The van der Waals surface area contributed by atoms with Gasteiger partial charge in [-0.25, -0.2) is 9.37 Å². The Labute approximate surface area is 124 Å². The molecule has 1 aliphatic carbocycles. The number of pyridine rings is 1. The molecule has 0 bridgehead atoms. The van der Waals surface area contributed by atoms with Crippen LogP contribution in [0, 0.1) is 11.7 Å². The van der Waals surface area contributed by atoms with Crippen molar-refractivity contribution in [2.45, 2.75) is 45.1 Å². The van der Waals surface area contributed by atoms with E-state index in [2.05, 4.69) is 22.5 Å². The molecule has 0 radical (unpaired) electrons.